The molecule has 2 rings (SSSR count). The molecule has 0 saturated heterocycles. The molecule has 1 heterocycles. The highest BCUT2D eigenvalue weighted by molar-refractivity contribution is 6.27. The van der Waals surface area contributed by atoms with Gasteiger partial charge in [0.25, 0.3) is 0 Å². The van der Waals surface area contributed by atoms with Crippen molar-refractivity contribution in [2.75, 3.05) is 19.8 Å². The number of aliphatic carboxylic acids is 2. The number of carboxylic acid groups (broad SMARTS) is 2. The fourth-order valence-electron chi connectivity index (χ4n) is 2.19. The van der Waals surface area contributed by atoms with Gasteiger partial charge in [0.05, 0.1) is 19.8 Å². The highest BCUT2D eigenvalue weighted by atomic mass is 16.5. The van der Waals surface area contributed by atoms with Gasteiger partial charge in [-0.1, -0.05) is 32.9 Å². The minimum atomic E-state index is -1.82. The number of carboxylic acids is 2. The Morgan fingerprint density at radius 3 is 2.32 bits per heavy atom. The van der Waals surface area contributed by atoms with Crippen molar-refractivity contribution in [3.05, 3.63) is 42.0 Å². The van der Waals surface area contributed by atoms with Crippen LogP contribution < -0.4 is 4.74 Å². The van der Waals surface area contributed by atoms with Gasteiger partial charge in [-0.25, -0.2) is 14.6 Å². The van der Waals surface area contributed by atoms with Crippen molar-refractivity contribution in [2.24, 2.45) is 0 Å². The first kappa shape index (κ1) is 23.1. The lowest BCUT2D eigenvalue weighted by atomic mass is 9.86. The molecule has 1 aromatic heterocycles. The zero-order valence-corrected chi connectivity index (χ0v) is 16.6. The van der Waals surface area contributed by atoms with Crippen molar-refractivity contribution >= 4 is 11.9 Å². The zero-order chi connectivity index (χ0) is 21.2. The van der Waals surface area contributed by atoms with Gasteiger partial charge < -0.3 is 19.7 Å². The van der Waals surface area contributed by atoms with E-state index in [0.717, 1.165) is 5.75 Å². The average Bonchev–Trinajstić information content (AvgIpc) is 3.10. The van der Waals surface area contributed by atoms with E-state index in [2.05, 4.69) is 56.0 Å². The first-order chi connectivity index (χ1) is 13.1. The van der Waals surface area contributed by atoms with Crippen molar-refractivity contribution in [1.29, 1.82) is 0 Å². The lowest BCUT2D eigenvalue weighted by molar-refractivity contribution is -0.159. The standard InChI is InChI=1S/C17H25N3O2.C2H2O4/c1-14-5-6-15(17(2,3)4)16(11-14)22-10-9-21-8-7-20-13-18-12-19-20;3-1(4)2(5)6/h5-6,11-13H,7-10H2,1-4H3;(H,3,4)(H,5,6). The van der Waals surface area contributed by atoms with Crippen LogP contribution in [-0.2, 0) is 26.3 Å². The monoisotopic (exact) mass is 393 g/mol. The smallest absolute Gasteiger partial charge is 0.414 e. The van der Waals surface area contributed by atoms with E-state index in [1.54, 1.807) is 11.0 Å². The van der Waals surface area contributed by atoms with Crippen molar-refractivity contribution in [3.63, 3.8) is 0 Å². The number of hydrogen-bond acceptors (Lipinski definition) is 6. The first-order valence-corrected chi connectivity index (χ1v) is 8.71. The fraction of sp³-hybridized carbons (Fsp3) is 0.474. The minimum absolute atomic E-state index is 0.0665. The predicted octanol–water partition coefficient (Wildman–Crippen LogP) is 2.14. The zero-order valence-electron chi connectivity index (χ0n) is 16.6. The van der Waals surface area contributed by atoms with Gasteiger partial charge >= 0.3 is 11.9 Å². The van der Waals surface area contributed by atoms with E-state index in [9.17, 15) is 0 Å². The molecule has 0 spiro atoms. The Morgan fingerprint density at radius 2 is 1.79 bits per heavy atom. The van der Waals surface area contributed by atoms with Gasteiger partial charge in [-0.05, 0) is 29.5 Å². The number of ether oxygens (including phenoxy) is 2. The van der Waals surface area contributed by atoms with E-state index >= 15 is 0 Å². The van der Waals surface area contributed by atoms with E-state index in [4.69, 9.17) is 29.3 Å². The Hall–Kier alpha value is -2.94. The van der Waals surface area contributed by atoms with Crippen LogP contribution in [0.15, 0.2) is 30.9 Å². The second-order valence-electron chi connectivity index (χ2n) is 6.98. The van der Waals surface area contributed by atoms with Gasteiger partial charge in [-0.3, -0.25) is 4.68 Å². The first-order valence-electron chi connectivity index (χ1n) is 8.71. The molecule has 154 valence electrons. The van der Waals surface area contributed by atoms with Crippen LogP contribution in [-0.4, -0.2) is 56.7 Å². The lowest BCUT2D eigenvalue weighted by Crippen LogP contribution is -2.16. The van der Waals surface area contributed by atoms with E-state index < -0.39 is 11.9 Å². The summed E-state index contributed by atoms with van der Waals surface area (Å²) in [5.74, 6) is -2.70. The molecule has 2 aromatic rings. The summed E-state index contributed by atoms with van der Waals surface area (Å²) in [5, 5.41) is 18.8. The molecule has 28 heavy (non-hydrogen) atoms. The molecule has 0 aliphatic rings. The van der Waals surface area contributed by atoms with Gasteiger partial charge in [0.15, 0.2) is 0 Å². The number of hydrogen-bond donors (Lipinski definition) is 2. The minimum Gasteiger partial charge on any atom is -0.491 e. The molecular formula is C19H27N3O6. The molecule has 1 aromatic carbocycles. The molecule has 9 nitrogen and oxygen atoms in total. The highest BCUT2D eigenvalue weighted by Crippen LogP contribution is 2.31. The van der Waals surface area contributed by atoms with Gasteiger partial charge in [-0.15, -0.1) is 0 Å². The lowest BCUT2D eigenvalue weighted by Gasteiger charge is -2.23. The topological polar surface area (TPSA) is 124 Å². The molecule has 0 unspecified atom stereocenters. The normalized spacial score (nSPS) is 10.7. The van der Waals surface area contributed by atoms with Gasteiger partial charge in [0.1, 0.15) is 25.0 Å². The Labute approximate surface area is 163 Å². The van der Waals surface area contributed by atoms with Crippen LogP contribution >= 0.6 is 0 Å². The molecule has 0 saturated carbocycles. The van der Waals surface area contributed by atoms with Crippen molar-refractivity contribution < 1.29 is 29.3 Å². The maximum absolute atomic E-state index is 9.10. The van der Waals surface area contributed by atoms with Gasteiger partial charge in [0.2, 0.25) is 0 Å². The number of rotatable bonds is 7. The third-order valence-corrected chi connectivity index (χ3v) is 3.54. The summed E-state index contributed by atoms with van der Waals surface area (Å²) in [6.45, 7) is 11.1. The Morgan fingerprint density at radius 1 is 1.11 bits per heavy atom. The van der Waals surface area contributed by atoms with Gasteiger partial charge in [-0.2, -0.15) is 5.10 Å². The maximum atomic E-state index is 9.10. The summed E-state index contributed by atoms with van der Waals surface area (Å²) in [6, 6.07) is 6.37. The summed E-state index contributed by atoms with van der Waals surface area (Å²) in [6.07, 6.45) is 3.21. The number of carbonyl (C=O) groups is 2. The third-order valence-electron chi connectivity index (χ3n) is 3.54. The number of nitrogens with zero attached hydrogens (tertiary/aromatic N) is 3. The fourth-order valence-corrected chi connectivity index (χ4v) is 2.19. The molecule has 2 N–H and O–H groups in total. The van der Waals surface area contributed by atoms with Crippen LogP contribution in [0.3, 0.4) is 0 Å². The van der Waals surface area contributed by atoms with Crippen molar-refractivity contribution in [2.45, 2.75) is 39.7 Å². The van der Waals surface area contributed by atoms with Crippen LogP contribution in [0, 0.1) is 6.92 Å². The second kappa shape index (κ2) is 11.0. The van der Waals surface area contributed by atoms with Crippen LogP contribution in [0.4, 0.5) is 0 Å². The molecule has 0 atom stereocenters. The van der Waals surface area contributed by atoms with Crippen molar-refractivity contribution in [1.82, 2.24) is 14.8 Å². The Kier molecular flexibility index (Phi) is 9.10. The molecule has 0 aliphatic carbocycles. The number of aryl methyl sites for hydroxylation is 1. The van der Waals surface area contributed by atoms with Crippen LogP contribution in [0.1, 0.15) is 31.9 Å². The number of benzene rings is 1. The number of aromatic nitrogens is 3. The van der Waals surface area contributed by atoms with Crippen LogP contribution in [0.25, 0.3) is 0 Å². The molecule has 0 fully saturated rings. The van der Waals surface area contributed by atoms with Crippen molar-refractivity contribution in [3.8, 4) is 5.75 Å². The molecule has 0 bridgehead atoms. The summed E-state index contributed by atoms with van der Waals surface area (Å²) in [4.78, 5) is 22.1. The summed E-state index contributed by atoms with van der Waals surface area (Å²) < 4.78 is 13.2. The van der Waals surface area contributed by atoms with E-state index in [0.29, 0.717) is 26.4 Å². The van der Waals surface area contributed by atoms with Gasteiger partial charge in [0, 0.05) is 0 Å². The Bertz CT molecular complexity index is 742. The third kappa shape index (κ3) is 8.63. The summed E-state index contributed by atoms with van der Waals surface area (Å²) in [7, 11) is 0. The molecule has 0 radical (unpaired) electrons. The quantitative estimate of drug-likeness (QED) is 0.542. The average molecular weight is 393 g/mol. The maximum Gasteiger partial charge on any atom is 0.414 e. The summed E-state index contributed by atoms with van der Waals surface area (Å²) >= 11 is 0. The summed E-state index contributed by atoms with van der Waals surface area (Å²) in [5.41, 5.74) is 2.49. The van der Waals surface area contributed by atoms with Crippen LogP contribution in [0.5, 0.6) is 5.75 Å². The van der Waals surface area contributed by atoms with E-state index in [1.807, 2.05) is 0 Å². The largest absolute Gasteiger partial charge is 0.491 e. The molecule has 0 aliphatic heterocycles. The molecule has 0 amide bonds. The SMILES string of the molecule is Cc1ccc(C(C)(C)C)c(OCCOCCn2cncn2)c1.O=C(O)C(=O)O. The second-order valence-corrected chi connectivity index (χ2v) is 6.98. The Balaban J connectivity index is 0.000000568. The predicted molar refractivity (Wildman–Crippen MR) is 101 cm³/mol. The van der Waals surface area contributed by atoms with Crippen LogP contribution in [0.2, 0.25) is 0 Å². The van der Waals surface area contributed by atoms with E-state index in [1.165, 1.54) is 17.5 Å². The molecular weight excluding hydrogens is 366 g/mol. The molecule has 9 heteroatoms. The highest BCUT2D eigenvalue weighted by Gasteiger charge is 2.18. The van der Waals surface area contributed by atoms with E-state index in [-0.39, 0.29) is 5.41 Å².